The van der Waals surface area contributed by atoms with Crippen molar-refractivity contribution in [2.24, 2.45) is 5.92 Å². The molecule has 6 heteroatoms. The number of hydrogen-bond acceptors (Lipinski definition) is 6. The van der Waals surface area contributed by atoms with Gasteiger partial charge in [-0.2, -0.15) is 4.98 Å². The molecular formula is C18H25N5O. The number of hydrogen-bond donors (Lipinski definition) is 2. The number of benzene rings is 1. The number of anilines is 3. The Kier molecular flexibility index (Phi) is 4.85. The summed E-state index contributed by atoms with van der Waals surface area (Å²) in [5, 5.41) is 3.36. The molecule has 0 saturated carbocycles. The third kappa shape index (κ3) is 3.59. The van der Waals surface area contributed by atoms with Crippen molar-refractivity contribution in [3.63, 3.8) is 0 Å². The summed E-state index contributed by atoms with van der Waals surface area (Å²) >= 11 is 0. The third-order valence-corrected chi connectivity index (χ3v) is 4.41. The summed E-state index contributed by atoms with van der Waals surface area (Å²) in [6.45, 7) is 7.81. The van der Waals surface area contributed by atoms with E-state index in [2.05, 4.69) is 41.0 Å². The summed E-state index contributed by atoms with van der Waals surface area (Å²) < 4.78 is 5.62. The average Bonchev–Trinajstić information content (AvgIpc) is 3.05. The Morgan fingerprint density at radius 3 is 2.67 bits per heavy atom. The van der Waals surface area contributed by atoms with Crippen LogP contribution in [0.4, 0.5) is 17.5 Å². The molecule has 1 saturated heterocycles. The second-order valence-corrected chi connectivity index (χ2v) is 6.55. The van der Waals surface area contributed by atoms with E-state index in [0.29, 0.717) is 24.6 Å². The quantitative estimate of drug-likeness (QED) is 0.822. The van der Waals surface area contributed by atoms with Crippen LogP contribution in [0.2, 0.25) is 0 Å². The maximum absolute atomic E-state index is 5.74. The predicted molar refractivity (Wildman–Crippen MR) is 96.8 cm³/mol. The Labute approximate surface area is 143 Å². The number of nitrogens with one attached hydrogen (secondary N) is 1. The van der Waals surface area contributed by atoms with Gasteiger partial charge in [-0.25, -0.2) is 4.98 Å². The van der Waals surface area contributed by atoms with E-state index >= 15 is 0 Å². The second-order valence-electron chi connectivity index (χ2n) is 6.55. The van der Waals surface area contributed by atoms with Gasteiger partial charge in [-0.1, -0.05) is 26.0 Å². The maximum Gasteiger partial charge on any atom is 0.225 e. The van der Waals surface area contributed by atoms with E-state index in [4.69, 9.17) is 10.5 Å². The first-order valence-electron chi connectivity index (χ1n) is 8.34. The van der Waals surface area contributed by atoms with Crippen molar-refractivity contribution < 1.29 is 4.74 Å². The topological polar surface area (TPSA) is 76.3 Å². The Morgan fingerprint density at radius 1 is 1.21 bits per heavy atom. The minimum Gasteiger partial charge on any atom is -0.399 e. The number of rotatable bonds is 5. The van der Waals surface area contributed by atoms with Gasteiger partial charge in [-0.15, -0.1) is 0 Å². The lowest BCUT2D eigenvalue weighted by atomic mass is 10.0. The molecule has 2 heterocycles. The number of aromatic nitrogens is 2. The van der Waals surface area contributed by atoms with Gasteiger partial charge in [0.15, 0.2) is 0 Å². The number of ether oxygens (including phenoxy) is 1. The molecule has 0 aliphatic carbocycles. The number of nitrogen functional groups attached to an aromatic ring is 1. The summed E-state index contributed by atoms with van der Waals surface area (Å²) in [4.78, 5) is 11.2. The molecule has 1 fully saturated rings. The van der Waals surface area contributed by atoms with Crippen LogP contribution in [0.5, 0.6) is 0 Å². The largest absolute Gasteiger partial charge is 0.399 e. The van der Waals surface area contributed by atoms with Crippen molar-refractivity contribution in [3.05, 3.63) is 42.1 Å². The van der Waals surface area contributed by atoms with Crippen molar-refractivity contribution in [1.82, 2.24) is 9.97 Å². The van der Waals surface area contributed by atoms with Crippen molar-refractivity contribution in [2.75, 3.05) is 29.3 Å². The van der Waals surface area contributed by atoms with Crippen LogP contribution in [-0.4, -0.2) is 29.3 Å². The van der Waals surface area contributed by atoms with Gasteiger partial charge in [-0.3, -0.25) is 0 Å². The lowest BCUT2D eigenvalue weighted by Crippen LogP contribution is -2.35. The van der Waals surface area contributed by atoms with E-state index in [1.54, 1.807) is 6.20 Å². The summed E-state index contributed by atoms with van der Waals surface area (Å²) in [6.07, 6.45) is 1.79. The molecule has 3 rings (SSSR count). The van der Waals surface area contributed by atoms with Crippen LogP contribution in [0.25, 0.3) is 0 Å². The zero-order valence-electron chi connectivity index (χ0n) is 14.4. The van der Waals surface area contributed by atoms with Crippen LogP contribution in [-0.2, 0) is 4.74 Å². The standard InChI is InChI=1S/C18H25N5O/c1-12(2)16-10-24-11-23(16)17-8-9-20-18(22-17)21-13(3)14-4-6-15(19)7-5-14/h4-9,12-13,16H,10-11,19H2,1-3H3,(H,20,21,22)/t13-,16+/m0/s1. The minimum atomic E-state index is 0.0940. The van der Waals surface area contributed by atoms with E-state index in [1.165, 1.54) is 0 Å². The highest BCUT2D eigenvalue weighted by Crippen LogP contribution is 2.25. The summed E-state index contributed by atoms with van der Waals surface area (Å²) in [6, 6.07) is 10.2. The smallest absolute Gasteiger partial charge is 0.225 e. The van der Waals surface area contributed by atoms with Gasteiger partial charge >= 0.3 is 0 Å². The lowest BCUT2D eigenvalue weighted by Gasteiger charge is -2.26. The molecule has 1 aromatic carbocycles. The molecular weight excluding hydrogens is 302 g/mol. The Morgan fingerprint density at radius 2 is 1.96 bits per heavy atom. The van der Waals surface area contributed by atoms with Crippen LogP contribution < -0.4 is 16.0 Å². The van der Waals surface area contributed by atoms with E-state index in [1.807, 2.05) is 30.3 Å². The van der Waals surface area contributed by atoms with E-state index in [9.17, 15) is 0 Å². The van der Waals surface area contributed by atoms with Crippen LogP contribution in [0.3, 0.4) is 0 Å². The molecule has 3 N–H and O–H groups in total. The van der Waals surface area contributed by atoms with Gasteiger partial charge in [0, 0.05) is 11.9 Å². The normalized spacial score (nSPS) is 18.8. The Hall–Kier alpha value is -2.34. The van der Waals surface area contributed by atoms with Crippen molar-refractivity contribution in [2.45, 2.75) is 32.9 Å². The molecule has 0 unspecified atom stereocenters. The van der Waals surface area contributed by atoms with Crippen molar-refractivity contribution in [3.8, 4) is 0 Å². The monoisotopic (exact) mass is 327 g/mol. The molecule has 2 aromatic rings. The fourth-order valence-corrected chi connectivity index (χ4v) is 2.89. The molecule has 0 radical (unpaired) electrons. The number of nitrogens with zero attached hydrogens (tertiary/aromatic N) is 3. The summed E-state index contributed by atoms with van der Waals surface area (Å²) in [7, 11) is 0. The summed E-state index contributed by atoms with van der Waals surface area (Å²) in [5.41, 5.74) is 7.65. The zero-order chi connectivity index (χ0) is 17.1. The van der Waals surface area contributed by atoms with E-state index < -0.39 is 0 Å². The molecule has 1 aromatic heterocycles. The molecule has 2 atom stereocenters. The molecule has 0 bridgehead atoms. The SMILES string of the molecule is CC(C)[C@H]1COCN1c1ccnc(N[C@@H](C)c2ccc(N)cc2)n1. The third-order valence-electron chi connectivity index (χ3n) is 4.41. The highest BCUT2D eigenvalue weighted by Gasteiger charge is 2.29. The van der Waals surface area contributed by atoms with Crippen molar-refractivity contribution >= 4 is 17.5 Å². The van der Waals surface area contributed by atoms with Crippen LogP contribution >= 0.6 is 0 Å². The first kappa shape index (κ1) is 16.5. The average molecular weight is 327 g/mol. The van der Waals surface area contributed by atoms with Crippen molar-refractivity contribution in [1.29, 1.82) is 0 Å². The molecule has 0 spiro atoms. The zero-order valence-corrected chi connectivity index (χ0v) is 14.4. The fraction of sp³-hybridized carbons (Fsp3) is 0.444. The van der Waals surface area contributed by atoms with Crippen LogP contribution in [0.1, 0.15) is 32.4 Å². The lowest BCUT2D eigenvalue weighted by molar-refractivity contribution is 0.188. The van der Waals surface area contributed by atoms with Gasteiger partial charge in [0.2, 0.25) is 5.95 Å². The Balaban J connectivity index is 1.74. The highest BCUT2D eigenvalue weighted by atomic mass is 16.5. The highest BCUT2D eigenvalue weighted by molar-refractivity contribution is 5.46. The van der Waals surface area contributed by atoms with Gasteiger partial charge in [-0.05, 0) is 36.6 Å². The second kappa shape index (κ2) is 7.05. The molecule has 128 valence electrons. The Bertz CT molecular complexity index is 673. The molecule has 1 aliphatic heterocycles. The minimum absolute atomic E-state index is 0.0940. The molecule has 0 amide bonds. The van der Waals surface area contributed by atoms with Gasteiger partial charge in [0.25, 0.3) is 0 Å². The first-order valence-corrected chi connectivity index (χ1v) is 8.34. The predicted octanol–water partition coefficient (Wildman–Crippen LogP) is 3.05. The number of nitrogens with two attached hydrogens (primary N) is 1. The van der Waals surface area contributed by atoms with Gasteiger partial charge in [0.05, 0.1) is 18.7 Å². The van der Waals surface area contributed by atoms with Gasteiger partial charge < -0.3 is 20.7 Å². The van der Waals surface area contributed by atoms with Crippen LogP contribution in [0.15, 0.2) is 36.5 Å². The first-order chi connectivity index (χ1) is 11.5. The van der Waals surface area contributed by atoms with E-state index in [0.717, 1.165) is 23.7 Å². The fourth-order valence-electron chi connectivity index (χ4n) is 2.89. The van der Waals surface area contributed by atoms with E-state index in [-0.39, 0.29) is 6.04 Å². The molecule has 1 aliphatic rings. The maximum atomic E-state index is 5.74. The summed E-state index contributed by atoms with van der Waals surface area (Å²) in [5.74, 6) is 2.02. The van der Waals surface area contributed by atoms with Crippen LogP contribution in [0, 0.1) is 5.92 Å². The molecule has 24 heavy (non-hydrogen) atoms. The van der Waals surface area contributed by atoms with Gasteiger partial charge in [0.1, 0.15) is 12.5 Å². The molecule has 6 nitrogen and oxygen atoms in total.